The molecule has 3 rings (SSSR count). The van der Waals surface area contributed by atoms with Gasteiger partial charge in [-0.3, -0.25) is 4.57 Å². The summed E-state index contributed by atoms with van der Waals surface area (Å²) in [6.45, 7) is 2.06. The van der Waals surface area contributed by atoms with E-state index in [2.05, 4.69) is 23.1 Å². The normalized spacial score (nSPS) is 11.0. The van der Waals surface area contributed by atoms with Gasteiger partial charge in [0.05, 0.1) is 23.2 Å². The fraction of sp³-hybridized carbons (Fsp3) is 0.267. The molecule has 2 heterocycles. The smallest absolute Gasteiger partial charge is 0.163 e. The fourth-order valence-electron chi connectivity index (χ4n) is 2.51. The number of imidazole rings is 1. The van der Waals surface area contributed by atoms with Crippen LogP contribution in [-0.2, 0) is 19.3 Å². The van der Waals surface area contributed by atoms with Crippen molar-refractivity contribution in [1.82, 2.24) is 19.3 Å². The van der Waals surface area contributed by atoms with Gasteiger partial charge in [0.1, 0.15) is 11.3 Å². The molecule has 0 radical (unpaired) electrons. The van der Waals surface area contributed by atoms with Crippen molar-refractivity contribution in [3.63, 3.8) is 0 Å². The number of hydrogen-bond donors (Lipinski definition) is 0. The largest absolute Gasteiger partial charge is 0.280 e. The van der Waals surface area contributed by atoms with E-state index in [1.54, 1.807) is 12.1 Å². The number of fused-ring (bicyclic) bond motifs is 1. The van der Waals surface area contributed by atoms with Crippen LogP contribution in [0.25, 0.3) is 16.9 Å². The Labute approximate surface area is 127 Å². The summed E-state index contributed by atoms with van der Waals surface area (Å²) in [5.74, 6) is 1.09. The van der Waals surface area contributed by atoms with Gasteiger partial charge in [-0.05, 0) is 30.7 Å². The van der Waals surface area contributed by atoms with E-state index in [1.807, 2.05) is 28.4 Å². The number of halogens is 1. The Bertz CT molecular complexity index is 836. The minimum Gasteiger partial charge on any atom is -0.280 e. The van der Waals surface area contributed by atoms with Gasteiger partial charge in [-0.1, -0.05) is 6.92 Å². The lowest BCUT2D eigenvalue weighted by molar-refractivity contribution is 0.744. The van der Waals surface area contributed by atoms with Crippen LogP contribution < -0.4 is 0 Å². The van der Waals surface area contributed by atoms with E-state index < -0.39 is 0 Å². The van der Waals surface area contributed by atoms with Crippen LogP contribution in [0.2, 0.25) is 0 Å². The maximum atomic E-state index is 8.91. The van der Waals surface area contributed by atoms with Crippen LogP contribution in [0.3, 0.4) is 0 Å². The van der Waals surface area contributed by atoms with Gasteiger partial charge in [0.15, 0.2) is 5.65 Å². The van der Waals surface area contributed by atoms with Gasteiger partial charge < -0.3 is 0 Å². The number of rotatable bonds is 3. The molecule has 5 nitrogen and oxygen atoms in total. The molecular formula is C15H14ClN5. The molecule has 21 heavy (non-hydrogen) atoms. The quantitative estimate of drug-likeness (QED) is 0.699. The van der Waals surface area contributed by atoms with Crippen molar-refractivity contribution >= 4 is 22.8 Å². The van der Waals surface area contributed by atoms with Crippen LogP contribution in [0.5, 0.6) is 0 Å². The Morgan fingerprint density at radius 2 is 2.00 bits per heavy atom. The third-order valence-corrected chi connectivity index (χ3v) is 3.72. The Kier molecular flexibility index (Phi) is 3.40. The molecule has 0 saturated heterocycles. The highest BCUT2D eigenvalue weighted by molar-refractivity contribution is 6.17. The Morgan fingerprint density at radius 3 is 2.57 bits per heavy atom. The first-order chi connectivity index (χ1) is 10.2. The highest BCUT2D eigenvalue weighted by Crippen LogP contribution is 2.25. The summed E-state index contributed by atoms with van der Waals surface area (Å²) in [7, 11) is 1.90. The van der Waals surface area contributed by atoms with E-state index in [0.29, 0.717) is 11.4 Å². The number of nitrogens with zero attached hydrogens (tertiary/aromatic N) is 5. The molecule has 0 amide bonds. The van der Waals surface area contributed by atoms with Gasteiger partial charge in [0.25, 0.3) is 0 Å². The second-order valence-electron chi connectivity index (χ2n) is 4.75. The van der Waals surface area contributed by atoms with E-state index >= 15 is 0 Å². The van der Waals surface area contributed by atoms with Crippen LogP contribution in [0.15, 0.2) is 24.3 Å². The Hall–Kier alpha value is -2.32. The Balaban J connectivity index is 2.29. The molecule has 0 aliphatic rings. The first-order valence-electron chi connectivity index (χ1n) is 6.69. The molecule has 0 unspecified atom stereocenters. The highest BCUT2D eigenvalue weighted by atomic mass is 35.5. The molecule has 0 bridgehead atoms. The van der Waals surface area contributed by atoms with E-state index in [4.69, 9.17) is 16.9 Å². The molecule has 0 aliphatic heterocycles. The van der Waals surface area contributed by atoms with Crippen LogP contribution in [-0.4, -0.2) is 19.3 Å². The van der Waals surface area contributed by atoms with E-state index in [0.717, 1.165) is 34.8 Å². The minimum absolute atomic E-state index is 0.317. The van der Waals surface area contributed by atoms with Gasteiger partial charge in [-0.25, -0.2) is 9.67 Å². The van der Waals surface area contributed by atoms with Gasteiger partial charge in [-0.2, -0.15) is 10.4 Å². The lowest BCUT2D eigenvalue weighted by Gasteiger charge is -2.08. The predicted molar refractivity (Wildman–Crippen MR) is 81.5 cm³/mol. The lowest BCUT2D eigenvalue weighted by atomic mass is 10.2. The van der Waals surface area contributed by atoms with Gasteiger partial charge in [0.2, 0.25) is 0 Å². The fourth-order valence-corrected chi connectivity index (χ4v) is 2.69. The monoisotopic (exact) mass is 299 g/mol. The second kappa shape index (κ2) is 5.23. The molecule has 0 spiro atoms. The maximum Gasteiger partial charge on any atom is 0.163 e. The SMILES string of the molecule is CCc1nn(C)c2c1nc(CCl)n2-c1ccc(C#N)cc1. The second-order valence-corrected chi connectivity index (χ2v) is 5.02. The molecule has 0 fully saturated rings. The van der Waals surface area contributed by atoms with Crippen molar-refractivity contribution in [2.45, 2.75) is 19.2 Å². The van der Waals surface area contributed by atoms with Gasteiger partial charge in [-0.15, -0.1) is 11.6 Å². The van der Waals surface area contributed by atoms with Crippen molar-refractivity contribution < 1.29 is 0 Å². The van der Waals surface area contributed by atoms with Crippen LogP contribution in [0, 0.1) is 11.3 Å². The number of benzene rings is 1. The molecule has 3 aromatic rings. The van der Waals surface area contributed by atoms with Crippen molar-refractivity contribution in [3.05, 3.63) is 41.3 Å². The molecular weight excluding hydrogens is 286 g/mol. The number of alkyl halides is 1. The summed E-state index contributed by atoms with van der Waals surface area (Å²) >= 11 is 6.05. The maximum absolute atomic E-state index is 8.91. The molecule has 2 aromatic heterocycles. The van der Waals surface area contributed by atoms with Crippen LogP contribution in [0.4, 0.5) is 0 Å². The zero-order valence-electron chi connectivity index (χ0n) is 11.8. The molecule has 1 aromatic carbocycles. The zero-order valence-corrected chi connectivity index (χ0v) is 12.6. The summed E-state index contributed by atoms with van der Waals surface area (Å²) in [6, 6.07) is 9.49. The van der Waals surface area contributed by atoms with Gasteiger partial charge >= 0.3 is 0 Å². The molecule has 0 aliphatic carbocycles. The number of hydrogen-bond acceptors (Lipinski definition) is 3. The third-order valence-electron chi connectivity index (χ3n) is 3.48. The average Bonchev–Trinajstić information content (AvgIpc) is 3.05. The standard InChI is InChI=1S/C15H14ClN5/c1-3-12-14-15(20(2)19-12)21(13(8-16)18-14)11-6-4-10(9-17)5-7-11/h4-7H,3,8H2,1-2H3. The predicted octanol–water partition coefficient (Wildman–Crippen LogP) is 2.93. The van der Waals surface area contributed by atoms with E-state index in [-0.39, 0.29) is 0 Å². The van der Waals surface area contributed by atoms with Crippen molar-refractivity contribution in [3.8, 4) is 11.8 Å². The molecule has 0 atom stereocenters. The van der Waals surface area contributed by atoms with Crippen molar-refractivity contribution in [2.75, 3.05) is 0 Å². The molecule has 0 N–H and O–H groups in total. The summed E-state index contributed by atoms with van der Waals surface area (Å²) in [5, 5.41) is 13.4. The first-order valence-corrected chi connectivity index (χ1v) is 7.22. The summed E-state index contributed by atoms with van der Waals surface area (Å²) < 4.78 is 3.82. The summed E-state index contributed by atoms with van der Waals surface area (Å²) in [5.41, 5.74) is 4.33. The van der Waals surface area contributed by atoms with E-state index in [1.165, 1.54) is 0 Å². The summed E-state index contributed by atoms with van der Waals surface area (Å²) in [4.78, 5) is 4.62. The Morgan fingerprint density at radius 1 is 1.29 bits per heavy atom. The number of nitriles is 1. The van der Waals surface area contributed by atoms with E-state index in [9.17, 15) is 0 Å². The third kappa shape index (κ3) is 2.08. The highest BCUT2D eigenvalue weighted by Gasteiger charge is 2.18. The lowest BCUT2D eigenvalue weighted by Crippen LogP contribution is -2.04. The van der Waals surface area contributed by atoms with Crippen molar-refractivity contribution in [2.24, 2.45) is 7.05 Å². The van der Waals surface area contributed by atoms with Crippen LogP contribution >= 0.6 is 11.6 Å². The average molecular weight is 300 g/mol. The summed E-state index contributed by atoms with van der Waals surface area (Å²) in [6.07, 6.45) is 0.823. The molecule has 6 heteroatoms. The van der Waals surface area contributed by atoms with Crippen molar-refractivity contribution in [1.29, 1.82) is 5.26 Å². The molecule has 0 saturated carbocycles. The number of aromatic nitrogens is 4. The first kappa shape index (κ1) is 13.7. The number of aryl methyl sites for hydroxylation is 2. The zero-order chi connectivity index (χ0) is 15.0. The topological polar surface area (TPSA) is 59.4 Å². The van der Waals surface area contributed by atoms with Gasteiger partial charge in [0, 0.05) is 12.7 Å². The minimum atomic E-state index is 0.317. The van der Waals surface area contributed by atoms with Crippen LogP contribution in [0.1, 0.15) is 24.0 Å². The molecule has 106 valence electrons.